The van der Waals surface area contributed by atoms with Crippen molar-refractivity contribution in [2.75, 3.05) is 12.4 Å². The van der Waals surface area contributed by atoms with Gasteiger partial charge in [-0.15, -0.1) is 5.10 Å². The molecule has 0 bridgehead atoms. The van der Waals surface area contributed by atoms with Gasteiger partial charge in [-0.2, -0.15) is 22.0 Å². The third kappa shape index (κ3) is 4.16. The molecule has 0 saturated heterocycles. The summed E-state index contributed by atoms with van der Waals surface area (Å²) < 4.78 is 70.8. The highest BCUT2D eigenvalue weighted by Crippen LogP contribution is 2.36. The van der Waals surface area contributed by atoms with Crippen molar-refractivity contribution in [2.24, 2.45) is 5.41 Å². The van der Waals surface area contributed by atoms with Gasteiger partial charge >= 0.3 is 18.2 Å². The first-order chi connectivity index (χ1) is 13.7. The van der Waals surface area contributed by atoms with Gasteiger partial charge in [0.25, 0.3) is 5.89 Å². The van der Waals surface area contributed by atoms with Gasteiger partial charge in [-0.1, -0.05) is 31.9 Å². The molecule has 2 aromatic heterocycles. The van der Waals surface area contributed by atoms with Gasteiger partial charge in [0.05, 0.1) is 5.35 Å². The summed E-state index contributed by atoms with van der Waals surface area (Å²) in [5, 5.41) is 12.9. The third-order valence-corrected chi connectivity index (χ3v) is 4.83. The zero-order valence-corrected chi connectivity index (χ0v) is 17.1. The van der Waals surface area contributed by atoms with E-state index in [-0.39, 0.29) is 18.3 Å². The van der Waals surface area contributed by atoms with Crippen molar-refractivity contribution in [3.63, 3.8) is 0 Å². The third-order valence-electron chi connectivity index (χ3n) is 4.83. The highest BCUT2D eigenvalue weighted by atomic mass is 19.4. The Kier molecular flexibility index (Phi) is 5.38. The minimum Gasteiger partial charge on any atom is -0.402 e. The zero-order chi connectivity index (χ0) is 22.5. The largest absolute Gasteiger partial charge is 0.469 e. The van der Waals surface area contributed by atoms with Crippen LogP contribution in [0.15, 0.2) is 10.5 Å². The van der Waals surface area contributed by atoms with Crippen LogP contribution in [0.5, 0.6) is 0 Å². The average molecular weight is 431 g/mol. The Morgan fingerprint density at radius 1 is 1.10 bits per heavy atom. The summed E-state index contributed by atoms with van der Waals surface area (Å²) in [6, 6.07) is -4.39. The molecule has 2 N–H and O–H groups in total. The number of halogens is 5. The molecule has 0 spiro atoms. The average Bonchev–Trinajstić information content (AvgIpc) is 3.08. The van der Waals surface area contributed by atoms with E-state index in [0.29, 0.717) is 27.4 Å². The molecular formula is C19H22F5N5O. The monoisotopic (exact) mass is 431 g/mol. The number of aryl methyl sites for hydroxylation is 1. The highest BCUT2D eigenvalue weighted by Gasteiger charge is 2.58. The van der Waals surface area contributed by atoms with E-state index < -0.39 is 23.7 Å². The van der Waals surface area contributed by atoms with Gasteiger partial charge in [-0.25, -0.2) is 10.3 Å². The summed E-state index contributed by atoms with van der Waals surface area (Å²) in [6.45, 7) is 7.28. The van der Waals surface area contributed by atoms with Crippen LogP contribution < -0.4 is 21.2 Å². The number of hydrogen-bond donors (Lipinski definition) is 2. The van der Waals surface area contributed by atoms with Gasteiger partial charge < -0.3 is 9.73 Å². The lowest BCUT2D eigenvalue weighted by atomic mass is 9.79. The lowest BCUT2D eigenvalue weighted by Gasteiger charge is -2.32. The van der Waals surface area contributed by atoms with E-state index in [0.717, 1.165) is 0 Å². The zero-order valence-electron chi connectivity index (χ0n) is 17.1. The second-order valence-corrected chi connectivity index (χ2v) is 8.17. The van der Waals surface area contributed by atoms with Crippen molar-refractivity contribution in [2.45, 2.75) is 52.4 Å². The minimum atomic E-state index is -5.69. The van der Waals surface area contributed by atoms with Crippen LogP contribution in [-0.2, 0) is 0 Å². The molecule has 1 aliphatic carbocycles. The van der Waals surface area contributed by atoms with Crippen LogP contribution in [0.3, 0.4) is 0 Å². The summed E-state index contributed by atoms with van der Waals surface area (Å²) >= 11 is 0. The van der Waals surface area contributed by atoms with E-state index in [2.05, 4.69) is 20.5 Å². The normalized spacial score (nSPS) is 17.5. The SMILES string of the molecule is CNc1nnc(-c2cc(C)c3c(n2)=C(C(C)(C)C)CC(NC(F)(F)C(F)(F)F)C=3)o1. The molecular weight excluding hydrogens is 409 g/mol. The number of alkyl halides is 5. The Balaban J connectivity index is 2.16. The number of nitrogens with one attached hydrogen (secondary N) is 2. The van der Waals surface area contributed by atoms with Crippen LogP contribution in [-0.4, -0.2) is 40.5 Å². The van der Waals surface area contributed by atoms with Crippen LogP contribution in [0.25, 0.3) is 23.2 Å². The quantitative estimate of drug-likeness (QED) is 0.573. The first kappa shape index (κ1) is 22.1. The lowest BCUT2D eigenvalue weighted by Crippen LogP contribution is -2.55. The summed E-state index contributed by atoms with van der Waals surface area (Å²) in [4.78, 5) is 4.59. The number of fused-ring (bicyclic) bond motifs is 1. The molecule has 0 amide bonds. The van der Waals surface area contributed by atoms with Gasteiger partial charge in [0.1, 0.15) is 5.69 Å². The molecule has 0 aliphatic heterocycles. The topological polar surface area (TPSA) is 75.9 Å². The van der Waals surface area contributed by atoms with Crippen molar-refractivity contribution >= 4 is 17.7 Å². The lowest BCUT2D eigenvalue weighted by molar-refractivity contribution is -0.296. The first-order valence-corrected chi connectivity index (χ1v) is 9.20. The maximum Gasteiger partial charge on any atom is 0.469 e. The number of rotatable bonds is 4. The molecule has 0 saturated carbocycles. The molecule has 2 heterocycles. The Hall–Kier alpha value is -2.56. The van der Waals surface area contributed by atoms with E-state index in [4.69, 9.17) is 4.42 Å². The minimum absolute atomic E-state index is 0.0519. The predicted molar refractivity (Wildman–Crippen MR) is 101 cm³/mol. The number of hydrogen-bond acceptors (Lipinski definition) is 6. The first-order valence-electron chi connectivity index (χ1n) is 9.20. The van der Waals surface area contributed by atoms with Gasteiger partial charge in [0, 0.05) is 18.3 Å². The standard InChI is InChI=1S/C19H22F5N5O/c1-9-6-13(15-28-29-16(25-5)30-15)26-14-11(9)7-10(8-12(14)17(2,3)4)27-19(23,24)18(20,21)22/h6-7,10,27H,8H2,1-5H3,(H,25,29). The van der Waals surface area contributed by atoms with E-state index >= 15 is 0 Å². The highest BCUT2D eigenvalue weighted by molar-refractivity contribution is 5.60. The summed E-state index contributed by atoms with van der Waals surface area (Å²) in [7, 11) is 1.62. The second kappa shape index (κ2) is 7.29. The summed E-state index contributed by atoms with van der Waals surface area (Å²) in [5.74, 6) is 0.169. The van der Waals surface area contributed by atoms with E-state index in [1.54, 1.807) is 20.0 Å². The van der Waals surface area contributed by atoms with Crippen LogP contribution in [0.4, 0.5) is 28.0 Å². The fourth-order valence-electron chi connectivity index (χ4n) is 3.31. The molecule has 11 heteroatoms. The summed E-state index contributed by atoms with van der Waals surface area (Å²) in [5.41, 5.74) is 1.15. The molecule has 3 rings (SSSR count). The maximum absolute atomic E-state index is 13.6. The number of aromatic nitrogens is 3. The molecule has 0 fully saturated rings. The van der Waals surface area contributed by atoms with E-state index in [1.807, 2.05) is 20.8 Å². The second-order valence-electron chi connectivity index (χ2n) is 8.17. The predicted octanol–water partition coefficient (Wildman–Crippen LogP) is 2.98. The molecule has 1 atom stereocenters. The Labute approximate surface area is 169 Å². The smallest absolute Gasteiger partial charge is 0.402 e. The molecule has 6 nitrogen and oxygen atoms in total. The van der Waals surface area contributed by atoms with Gasteiger partial charge in [-0.05, 0) is 36.0 Å². The van der Waals surface area contributed by atoms with E-state index in [1.165, 1.54) is 11.4 Å². The van der Waals surface area contributed by atoms with Crippen molar-refractivity contribution < 1.29 is 26.4 Å². The fraction of sp³-hybridized carbons (Fsp3) is 0.526. The number of nitrogens with zero attached hydrogens (tertiary/aromatic N) is 3. The van der Waals surface area contributed by atoms with Crippen molar-refractivity contribution in [1.82, 2.24) is 20.5 Å². The molecule has 164 valence electrons. The Morgan fingerprint density at radius 3 is 2.30 bits per heavy atom. The van der Waals surface area contributed by atoms with Crippen molar-refractivity contribution in [3.05, 3.63) is 22.2 Å². The molecule has 1 unspecified atom stereocenters. The Bertz CT molecular complexity index is 1070. The van der Waals surface area contributed by atoms with Crippen LogP contribution >= 0.6 is 0 Å². The maximum atomic E-state index is 13.6. The number of anilines is 1. The van der Waals surface area contributed by atoms with Gasteiger partial charge in [0.2, 0.25) is 0 Å². The molecule has 0 aromatic carbocycles. The summed E-state index contributed by atoms with van der Waals surface area (Å²) in [6.07, 6.45) is -4.38. The van der Waals surface area contributed by atoms with Crippen molar-refractivity contribution in [3.8, 4) is 11.6 Å². The van der Waals surface area contributed by atoms with Crippen molar-refractivity contribution in [1.29, 1.82) is 0 Å². The molecule has 2 aromatic rings. The van der Waals surface area contributed by atoms with Crippen LogP contribution in [0.1, 0.15) is 32.8 Å². The molecule has 1 aliphatic rings. The van der Waals surface area contributed by atoms with Crippen LogP contribution in [0.2, 0.25) is 0 Å². The van der Waals surface area contributed by atoms with E-state index in [9.17, 15) is 22.0 Å². The van der Waals surface area contributed by atoms with Crippen LogP contribution in [0, 0.1) is 12.3 Å². The van der Waals surface area contributed by atoms with Gasteiger partial charge in [0.15, 0.2) is 0 Å². The fourth-order valence-corrected chi connectivity index (χ4v) is 3.31. The molecule has 0 radical (unpaired) electrons. The van der Waals surface area contributed by atoms with Gasteiger partial charge in [-0.3, -0.25) is 0 Å². The molecule has 30 heavy (non-hydrogen) atoms. The Morgan fingerprint density at radius 2 is 1.77 bits per heavy atom. The number of pyridine rings is 1.